The predicted octanol–water partition coefficient (Wildman–Crippen LogP) is 1.26. The van der Waals surface area contributed by atoms with Gasteiger partial charge >= 0.3 is 5.97 Å². The summed E-state index contributed by atoms with van der Waals surface area (Å²) in [4.78, 5) is 11.2. The molecule has 15 heavy (non-hydrogen) atoms. The number of methoxy groups -OCH3 is 1. The van der Waals surface area contributed by atoms with E-state index >= 15 is 0 Å². The maximum Gasteiger partial charge on any atom is 0.340 e. The fourth-order valence-corrected chi connectivity index (χ4v) is 1.77. The molecule has 1 aromatic rings. The molecule has 1 heterocycles. The number of rotatable bonds is 1. The lowest BCUT2D eigenvalue weighted by atomic mass is 9.98. The fraction of sp³-hybridized carbons (Fsp3) is 0.364. The molecule has 0 aromatic heterocycles. The van der Waals surface area contributed by atoms with Crippen molar-refractivity contribution in [2.45, 2.75) is 13.0 Å². The van der Waals surface area contributed by atoms with Crippen molar-refractivity contribution in [2.75, 3.05) is 13.7 Å². The van der Waals surface area contributed by atoms with Crippen LogP contribution in [0.2, 0.25) is 0 Å². The molecule has 0 unspecified atom stereocenters. The molecule has 0 fully saturated rings. The lowest BCUT2D eigenvalue weighted by Crippen LogP contribution is -2.24. The first-order chi connectivity index (χ1) is 7.22. The normalized spacial score (nSPS) is 14.5. The highest BCUT2D eigenvalue weighted by atomic mass is 19.1. The molecular weight excluding hydrogens is 197 g/mol. The van der Waals surface area contributed by atoms with E-state index in [1.54, 1.807) is 6.07 Å². The molecule has 0 spiro atoms. The average molecular weight is 209 g/mol. The van der Waals surface area contributed by atoms with Crippen LogP contribution in [0.4, 0.5) is 4.39 Å². The van der Waals surface area contributed by atoms with Crippen molar-refractivity contribution in [1.29, 1.82) is 0 Å². The van der Waals surface area contributed by atoms with Gasteiger partial charge in [0.15, 0.2) is 0 Å². The third kappa shape index (κ3) is 1.85. The average Bonchev–Trinajstić information content (AvgIpc) is 2.27. The van der Waals surface area contributed by atoms with E-state index < -0.39 is 11.8 Å². The first-order valence-corrected chi connectivity index (χ1v) is 4.82. The van der Waals surface area contributed by atoms with E-state index in [1.165, 1.54) is 13.2 Å². The number of esters is 1. The van der Waals surface area contributed by atoms with Gasteiger partial charge in [0.1, 0.15) is 5.82 Å². The van der Waals surface area contributed by atoms with Crippen molar-refractivity contribution in [3.8, 4) is 0 Å². The molecule has 0 saturated carbocycles. The Kier molecular flexibility index (Phi) is 2.68. The van der Waals surface area contributed by atoms with E-state index in [-0.39, 0.29) is 5.56 Å². The van der Waals surface area contributed by atoms with Gasteiger partial charge in [-0.25, -0.2) is 9.18 Å². The number of hydrogen-bond acceptors (Lipinski definition) is 3. The number of ether oxygens (including phenoxy) is 1. The van der Waals surface area contributed by atoms with Gasteiger partial charge in [0.05, 0.1) is 12.7 Å². The molecule has 0 aliphatic carbocycles. The van der Waals surface area contributed by atoms with E-state index in [1.807, 2.05) is 0 Å². The minimum absolute atomic E-state index is 0.0138. The first kappa shape index (κ1) is 10.1. The van der Waals surface area contributed by atoms with Gasteiger partial charge in [0.25, 0.3) is 0 Å². The minimum Gasteiger partial charge on any atom is -0.465 e. The van der Waals surface area contributed by atoms with Crippen molar-refractivity contribution in [1.82, 2.24) is 5.32 Å². The van der Waals surface area contributed by atoms with Crippen LogP contribution >= 0.6 is 0 Å². The highest BCUT2D eigenvalue weighted by Gasteiger charge is 2.17. The Balaban J connectivity index is 2.44. The van der Waals surface area contributed by atoms with Gasteiger partial charge in [0, 0.05) is 6.54 Å². The second-order valence-electron chi connectivity index (χ2n) is 3.52. The Morgan fingerprint density at radius 1 is 1.47 bits per heavy atom. The standard InChI is InChI=1S/C11H12FNO2/c1-15-11(14)9-4-8-6-13-3-2-7(8)5-10(9)12/h4-5,13H,2-3,6H2,1H3. The summed E-state index contributed by atoms with van der Waals surface area (Å²) in [5.41, 5.74) is 1.96. The van der Waals surface area contributed by atoms with Gasteiger partial charge in [-0.3, -0.25) is 0 Å². The van der Waals surface area contributed by atoms with Gasteiger partial charge in [-0.15, -0.1) is 0 Å². The molecule has 1 aliphatic heterocycles. The number of carbonyl (C=O) groups is 1. The van der Waals surface area contributed by atoms with Crippen LogP contribution in [0.1, 0.15) is 21.5 Å². The molecule has 0 bridgehead atoms. The number of hydrogen-bond donors (Lipinski definition) is 1. The Morgan fingerprint density at radius 3 is 3.00 bits per heavy atom. The van der Waals surface area contributed by atoms with Crippen LogP contribution in [-0.2, 0) is 17.7 Å². The Labute approximate surface area is 87.2 Å². The quantitative estimate of drug-likeness (QED) is 0.707. The van der Waals surface area contributed by atoms with Crippen LogP contribution in [0.5, 0.6) is 0 Å². The van der Waals surface area contributed by atoms with Crippen molar-refractivity contribution >= 4 is 5.97 Å². The zero-order valence-corrected chi connectivity index (χ0v) is 8.47. The van der Waals surface area contributed by atoms with Crippen LogP contribution in [0.3, 0.4) is 0 Å². The third-order valence-electron chi connectivity index (χ3n) is 2.58. The second kappa shape index (κ2) is 3.98. The van der Waals surface area contributed by atoms with E-state index in [9.17, 15) is 9.18 Å². The first-order valence-electron chi connectivity index (χ1n) is 4.82. The second-order valence-corrected chi connectivity index (χ2v) is 3.52. The number of carbonyl (C=O) groups excluding carboxylic acids is 1. The van der Waals surface area contributed by atoms with Crippen molar-refractivity contribution in [3.63, 3.8) is 0 Å². The summed E-state index contributed by atoms with van der Waals surface area (Å²) < 4.78 is 18.0. The minimum atomic E-state index is -0.624. The topological polar surface area (TPSA) is 38.3 Å². The highest BCUT2D eigenvalue weighted by Crippen LogP contribution is 2.19. The molecule has 0 radical (unpaired) electrons. The number of fused-ring (bicyclic) bond motifs is 1. The Bertz CT molecular complexity index is 404. The van der Waals surface area contributed by atoms with Gasteiger partial charge in [-0.2, -0.15) is 0 Å². The van der Waals surface area contributed by atoms with Gasteiger partial charge < -0.3 is 10.1 Å². The van der Waals surface area contributed by atoms with E-state index in [4.69, 9.17) is 0 Å². The summed E-state index contributed by atoms with van der Waals surface area (Å²) >= 11 is 0. The Morgan fingerprint density at radius 2 is 2.27 bits per heavy atom. The van der Waals surface area contributed by atoms with Crippen LogP contribution in [0, 0.1) is 5.82 Å². The summed E-state index contributed by atoms with van der Waals surface area (Å²) in [5, 5.41) is 3.17. The predicted molar refractivity (Wildman–Crippen MR) is 53.2 cm³/mol. The molecule has 0 saturated heterocycles. The van der Waals surface area contributed by atoms with Crippen LogP contribution < -0.4 is 5.32 Å². The Hall–Kier alpha value is -1.42. The van der Waals surface area contributed by atoms with Crippen molar-refractivity contribution in [3.05, 3.63) is 34.6 Å². The maximum atomic E-state index is 13.5. The molecule has 80 valence electrons. The van der Waals surface area contributed by atoms with Gasteiger partial charge in [-0.1, -0.05) is 0 Å². The zero-order valence-electron chi connectivity index (χ0n) is 8.47. The summed E-state index contributed by atoms with van der Waals surface area (Å²) in [6.45, 7) is 1.53. The molecule has 4 heteroatoms. The summed E-state index contributed by atoms with van der Waals surface area (Å²) in [7, 11) is 1.25. The molecule has 1 aliphatic rings. The molecule has 1 N–H and O–H groups in total. The van der Waals surface area contributed by atoms with Crippen molar-refractivity contribution < 1.29 is 13.9 Å². The van der Waals surface area contributed by atoms with Gasteiger partial charge in [0.2, 0.25) is 0 Å². The highest BCUT2D eigenvalue weighted by molar-refractivity contribution is 5.90. The summed E-state index contributed by atoms with van der Waals surface area (Å²) in [6.07, 6.45) is 0.799. The van der Waals surface area contributed by atoms with Crippen molar-refractivity contribution in [2.24, 2.45) is 0 Å². The van der Waals surface area contributed by atoms with Crippen LogP contribution in [0.25, 0.3) is 0 Å². The van der Waals surface area contributed by atoms with E-state index in [0.29, 0.717) is 6.54 Å². The molecular formula is C11H12FNO2. The van der Waals surface area contributed by atoms with Crippen LogP contribution in [-0.4, -0.2) is 19.6 Å². The van der Waals surface area contributed by atoms with E-state index in [2.05, 4.69) is 10.1 Å². The monoisotopic (exact) mass is 209 g/mol. The lowest BCUT2D eigenvalue weighted by molar-refractivity contribution is 0.0595. The van der Waals surface area contributed by atoms with E-state index in [0.717, 1.165) is 24.1 Å². The number of benzene rings is 1. The smallest absolute Gasteiger partial charge is 0.340 e. The fourth-order valence-electron chi connectivity index (χ4n) is 1.77. The maximum absolute atomic E-state index is 13.5. The number of halogens is 1. The summed E-state index contributed by atoms with van der Waals surface area (Å²) in [5.74, 6) is -1.12. The van der Waals surface area contributed by atoms with Gasteiger partial charge in [-0.05, 0) is 36.2 Å². The molecule has 3 nitrogen and oxygen atoms in total. The zero-order chi connectivity index (χ0) is 10.8. The molecule has 0 amide bonds. The number of nitrogens with one attached hydrogen (secondary N) is 1. The van der Waals surface area contributed by atoms with Crippen LogP contribution in [0.15, 0.2) is 12.1 Å². The molecule has 1 aromatic carbocycles. The molecule has 0 atom stereocenters. The lowest BCUT2D eigenvalue weighted by Gasteiger charge is -2.17. The SMILES string of the molecule is COC(=O)c1cc2c(cc1F)CCNC2. The summed E-state index contributed by atoms with van der Waals surface area (Å²) in [6, 6.07) is 3.01. The third-order valence-corrected chi connectivity index (χ3v) is 2.58. The molecule has 2 rings (SSSR count). The largest absolute Gasteiger partial charge is 0.465 e.